The van der Waals surface area contributed by atoms with Gasteiger partial charge >= 0.3 is 0 Å². The number of carbonyl (C=O) groups excluding carboxylic acids is 1. The van der Waals surface area contributed by atoms with Gasteiger partial charge in [-0.1, -0.05) is 0 Å². The largest absolute Gasteiger partial charge is 0.493 e. The first-order valence-corrected chi connectivity index (χ1v) is 6.99. The van der Waals surface area contributed by atoms with Gasteiger partial charge in [-0.2, -0.15) is 0 Å². The smallest absolute Gasteiger partial charge is 0.251 e. The van der Waals surface area contributed by atoms with Crippen molar-refractivity contribution in [1.29, 1.82) is 0 Å². The third kappa shape index (κ3) is 1.82. The highest BCUT2D eigenvalue weighted by Gasteiger charge is 2.45. The van der Waals surface area contributed by atoms with Crippen molar-refractivity contribution in [2.24, 2.45) is 5.92 Å². The number of nitrogens with one attached hydrogen (secondary N) is 1. The minimum absolute atomic E-state index is 0.0325. The van der Waals surface area contributed by atoms with Gasteiger partial charge in [0.05, 0.1) is 12.7 Å². The lowest BCUT2D eigenvalue weighted by atomic mass is 9.76. The van der Waals surface area contributed by atoms with E-state index in [1.807, 2.05) is 18.2 Å². The number of carbonyl (C=O) groups is 1. The highest BCUT2D eigenvalue weighted by atomic mass is 16.5. The second-order valence-corrected chi connectivity index (χ2v) is 5.60. The first kappa shape index (κ1) is 11.3. The number of ether oxygens (including phenoxy) is 2. The van der Waals surface area contributed by atoms with E-state index in [1.165, 1.54) is 0 Å². The van der Waals surface area contributed by atoms with Gasteiger partial charge in [-0.3, -0.25) is 4.79 Å². The molecule has 1 N–H and O–H groups in total. The van der Waals surface area contributed by atoms with Crippen LogP contribution in [0.15, 0.2) is 18.2 Å². The molecule has 2 fully saturated rings. The molecule has 4 nitrogen and oxygen atoms in total. The van der Waals surface area contributed by atoms with Gasteiger partial charge in [0.25, 0.3) is 5.91 Å². The lowest BCUT2D eigenvalue weighted by Gasteiger charge is -2.39. The number of hydrogen-bond acceptors (Lipinski definition) is 3. The Balaban J connectivity index is 1.46. The van der Waals surface area contributed by atoms with Crippen molar-refractivity contribution in [1.82, 2.24) is 5.32 Å². The minimum Gasteiger partial charge on any atom is -0.493 e. The molecular weight excluding hydrogens is 242 g/mol. The molecule has 1 aliphatic carbocycles. The maximum atomic E-state index is 12.2. The van der Waals surface area contributed by atoms with Crippen molar-refractivity contribution < 1.29 is 14.3 Å². The van der Waals surface area contributed by atoms with E-state index in [9.17, 15) is 4.79 Å². The van der Waals surface area contributed by atoms with E-state index in [2.05, 4.69) is 5.32 Å². The van der Waals surface area contributed by atoms with E-state index in [1.54, 1.807) is 0 Å². The number of amides is 1. The van der Waals surface area contributed by atoms with Crippen LogP contribution in [0.5, 0.6) is 5.75 Å². The van der Waals surface area contributed by atoms with E-state index in [-0.39, 0.29) is 5.91 Å². The maximum Gasteiger partial charge on any atom is 0.251 e. The van der Waals surface area contributed by atoms with E-state index < -0.39 is 0 Å². The Morgan fingerprint density at radius 2 is 2.26 bits per heavy atom. The highest BCUT2D eigenvalue weighted by Crippen LogP contribution is 2.38. The molecule has 1 saturated carbocycles. The molecule has 3 aliphatic rings. The van der Waals surface area contributed by atoms with Crippen LogP contribution in [0.25, 0.3) is 0 Å². The predicted molar refractivity (Wildman–Crippen MR) is 69.4 cm³/mol. The van der Waals surface area contributed by atoms with Crippen LogP contribution in [0.1, 0.15) is 28.8 Å². The second-order valence-electron chi connectivity index (χ2n) is 5.60. The average Bonchev–Trinajstić information content (AvgIpc) is 3.00. The molecule has 0 radical (unpaired) electrons. The monoisotopic (exact) mass is 259 g/mol. The third-order valence-electron chi connectivity index (χ3n) is 4.53. The summed E-state index contributed by atoms with van der Waals surface area (Å²) in [7, 11) is 0. The number of hydrogen-bond donors (Lipinski definition) is 1. The molecule has 4 rings (SSSR count). The van der Waals surface area contributed by atoms with Crippen molar-refractivity contribution in [2.75, 3.05) is 13.2 Å². The maximum absolute atomic E-state index is 12.2. The summed E-state index contributed by atoms with van der Waals surface area (Å²) in [6, 6.07) is 6.00. The van der Waals surface area contributed by atoms with Gasteiger partial charge in [-0.15, -0.1) is 0 Å². The van der Waals surface area contributed by atoms with Crippen molar-refractivity contribution >= 4 is 5.91 Å². The molecule has 2 heterocycles. The summed E-state index contributed by atoms with van der Waals surface area (Å²) in [4.78, 5) is 12.2. The van der Waals surface area contributed by atoms with Crippen molar-refractivity contribution in [2.45, 2.75) is 31.4 Å². The highest BCUT2D eigenvalue weighted by molar-refractivity contribution is 5.95. The van der Waals surface area contributed by atoms with Crippen LogP contribution in [0.3, 0.4) is 0 Å². The molecule has 1 saturated heterocycles. The molecule has 1 aromatic carbocycles. The SMILES string of the molecule is O=C(N[C@@H]1C[C@@H]2OCC[C@@H]21)c1ccc2c(c1)CCO2. The zero-order valence-corrected chi connectivity index (χ0v) is 10.7. The fraction of sp³-hybridized carbons (Fsp3) is 0.533. The lowest BCUT2D eigenvalue weighted by molar-refractivity contribution is 0.00810. The van der Waals surface area contributed by atoms with Crippen molar-refractivity contribution in [3.63, 3.8) is 0 Å². The molecule has 0 unspecified atom stereocenters. The van der Waals surface area contributed by atoms with Crippen LogP contribution in [-0.2, 0) is 11.2 Å². The lowest BCUT2D eigenvalue weighted by Crippen LogP contribution is -2.53. The van der Waals surface area contributed by atoms with E-state index in [4.69, 9.17) is 9.47 Å². The zero-order valence-electron chi connectivity index (χ0n) is 10.7. The topological polar surface area (TPSA) is 47.6 Å². The summed E-state index contributed by atoms with van der Waals surface area (Å²) in [6.07, 6.45) is 3.33. The number of rotatable bonds is 2. The minimum atomic E-state index is 0.0325. The summed E-state index contributed by atoms with van der Waals surface area (Å²) < 4.78 is 11.0. The average molecular weight is 259 g/mol. The quantitative estimate of drug-likeness (QED) is 0.876. The van der Waals surface area contributed by atoms with Crippen LogP contribution in [0, 0.1) is 5.92 Å². The molecule has 0 bridgehead atoms. The molecule has 2 aliphatic heterocycles. The molecule has 1 aromatic rings. The zero-order chi connectivity index (χ0) is 12.8. The standard InChI is InChI=1S/C15H17NO3/c17-15(16-12-8-14-11(12)4-6-19-14)10-1-2-13-9(7-10)3-5-18-13/h1-2,7,11-12,14H,3-6,8H2,(H,16,17)/t11-,12-,14+/m1/s1. The summed E-state index contributed by atoms with van der Waals surface area (Å²) in [5, 5.41) is 3.14. The summed E-state index contributed by atoms with van der Waals surface area (Å²) >= 11 is 0. The van der Waals surface area contributed by atoms with E-state index in [0.29, 0.717) is 18.1 Å². The van der Waals surface area contributed by atoms with Crippen LogP contribution < -0.4 is 10.1 Å². The summed E-state index contributed by atoms with van der Waals surface area (Å²) in [6.45, 7) is 1.57. The Morgan fingerprint density at radius 3 is 3.16 bits per heavy atom. The van der Waals surface area contributed by atoms with Gasteiger partial charge in [0.15, 0.2) is 0 Å². The first-order valence-electron chi connectivity index (χ1n) is 6.99. The fourth-order valence-electron chi connectivity index (χ4n) is 3.34. The van der Waals surface area contributed by atoms with E-state index >= 15 is 0 Å². The van der Waals surface area contributed by atoms with Crippen LogP contribution in [-0.4, -0.2) is 31.3 Å². The van der Waals surface area contributed by atoms with Gasteiger partial charge < -0.3 is 14.8 Å². The first-order chi connectivity index (χ1) is 9.31. The third-order valence-corrected chi connectivity index (χ3v) is 4.53. The molecule has 4 heteroatoms. The molecule has 3 atom stereocenters. The Hall–Kier alpha value is -1.55. The van der Waals surface area contributed by atoms with Gasteiger partial charge in [0, 0.05) is 30.6 Å². The molecule has 0 spiro atoms. The summed E-state index contributed by atoms with van der Waals surface area (Å²) in [5.74, 6) is 1.48. The fourth-order valence-corrected chi connectivity index (χ4v) is 3.34. The second kappa shape index (κ2) is 4.23. The Labute approximate surface area is 112 Å². The van der Waals surface area contributed by atoms with Gasteiger partial charge in [-0.25, -0.2) is 0 Å². The van der Waals surface area contributed by atoms with Crippen molar-refractivity contribution in [3.8, 4) is 5.75 Å². The summed E-state index contributed by atoms with van der Waals surface area (Å²) in [5.41, 5.74) is 1.88. The molecule has 19 heavy (non-hydrogen) atoms. The number of benzene rings is 1. The van der Waals surface area contributed by atoms with Crippen LogP contribution >= 0.6 is 0 Å². The number of fused-ring (bicyclic) bond motifs is 2. The Morgan fingerprint density at radius 1 is 1.32 bits per heavy atom. The predicted octanol–water partition coefficient (Wildman–Crippen LogP) is 1.53. The molecule has 1 amide bonds. The normalized spacial score (nSPS) is 31.1. The Kier molecular flexibility index (Phi) is 2.52. The Bertz CT molecular complexity index is 528. The molecular formula is C15H17NO3. The van der Waals surface area contributed by atoms with Crippen molar-refractivity contribution in [3.05, 3.63) is 29.3 Å². The van der Waals surface area contributed by atoms with Gasteiger partial charge in [-0.05, 0) is 36.6 Å². The van der Waals surface area contributed by atoms with Crippen LogP contribution in [0.2, 0.25) is 0 Å². The molecule has 0 aromatic heterocycles. The van der Waals surface area contributed by atoms with Gasteiger partial charge in [0.1, 0.15) is 5.75 Å². The van der Waals surface area contributed by atoms with Gasteiger partial charge in [0.2, 0.25) is 0 Å². The van der Waals surface area contributed by atoms with E-state index in [0.717, 1.165) is 49.4 Å². The van der Waals surface area contributed by atoms with Crippen LogP contribution in [0.4, 0.5) is 0 Å². The molecule has 100 valence electrons.